The van der Waals surface area contributed by atoms with Gasteiger partial charge in [-0.2, -0.15) is 0 Å². The first-order valence-electron chi connectivity index (χ1n) is 9.03. The third-order valence-electron chi connectivity index (χ3n) is 4.80. The Morgan fingerprint density at radius 2 is 1.81 bits per heavy atom. The lowest BCUT2D eigenvalue weighted by molar-refractivity contribution is 0.249. The number of hydrogen-bond donors (Lipinski definition) is 0. The van der Waals surface area contributed by atoms with E-state index in [1.807, 2.05) is 24.5 Å². The normalized spacial score (nSPS) is 15.5. The van der Waals surface area contributed by atoms with Gasteiger partial charge in [0.15, 0.2) is 5.13 Å². The highest BCUT2D eigenvalue weighted by atomic mass is 32.1. The lowest BCUT2D eigenvalue weighted by atomic mass is 10.2. The zero-order chi connectivity index (χ0) is 18.1. The van der Waals surface area contributed by atoms with E-state index in [9.17, 15) is 0 Å². The van der Waals surface area contributed by atoms with Crippen molar-refractivity contribution in [3.8, 4) is 11.3 Å². The Morgan fingerprint density at radius 1 is 0.963 bits per heavy atom. The second-order valence-corrected chi connectivity index (χ2v) is 8.55. The number of aromatic nitrogens is 3. The van der Waals surface area contributed by atoms with Gasteiger partial charge in [-0.3, -0.25) is 9.88 Å². The number of thiazole rings is 2. The molecule has 1 saturated heterocycles. The predicted molar refractivity (Wildman–Crippen MR) is 112 cm³/mol. The van der Waals surface area contributed by atoms with E-state index in [0.29, 0.717) is 0 Å². The van der Waals surface area contributed by atoms with Crippen molar-refractivity contribution < 1.29 is 0 Å². The maximum Gasteiger partial charge on any atom is 0.186 e. The largest absolute Gasteiger partial charge is 0.345 e. The molecule has 7 heteroatoms. The molecule has 0 N–H and O–H groups in total. The van der Waals surface area contributed by atoms with Gasteiger partial charge in [0.2, 0.25) is 0 Å². The smallest absolute Gasteiger partial charge is 0.186 e. The summed E-state index contributed by atoms with van der Waals surface area (Å²) in [5.74, 6) is 0. The van der Waals surface area contributed by atoms with Gasteiger partial charge in [-0.05, 0) is 6.07 Å². The molecule has 1 aromatic carbocycles. The van der Waals surface area contributed by atoms with Gasteiger partial charge in [0.25, 0.3) is 0 Å². The van der Waals surface area contributed by atoms with Crippen LogP contribution in [0.3, 0.4) is 0 Å². The van der Waals surface area contributed by atoms with Crippen molar-refractivity contribution in [1.82, 2.24) is 19.9 Å². The minimum atomic E-state index is 0.926. The van der Waals surface area contributed by atoms with Gasteiger partial charge in [0, 0.05) is 43.3 Å². The summed E-state index contributed by atoms with van der Waals surface area (Å²) < 4.78 is 1.21. The van der Waals surface area contributed by atoms with E-state index in [1.54, 1.807) is 22.7 Å². The van der Waals surface area contributed by atoms with Crippen LogP contribution < -0.4 is 4.90 Å². The Bertz CT molecular complexity index is 1000. The van der Waals surface area contributed by atoms with Gasteiger partial charge >= 0.3 is 0 Å². The van der Waals surface area contributed by atoms with Gasteiger partial charge < -0.3 is 4.90 Å². The summed E-state index contributed by atoms with van der Waals surface area (Å²) in [7, 11) is 0. The molecule has 0 atom stereocenters. The Hall–Kier alpha value is -2.35. The Kier molecular flexibility index (Phi) is 4.57. The minimum absolute atomic E-state index is 0.926. The summed E-state index contributed by atoms with van der Waals surface area (Å²) >= 11 is 3.51. The Balaban J connectivity index is 1.21. The molecule has 0 radical (unpaired) electrons. The van der Waals surface area contributed by atoms with Crippen LogP contribution >= 0.6 is 22.7 Å². The van der Waals surface area contributed by atoms with Gasteiger partial charge in [-0.15, -0.1) is 11.3 Å². The van der Waals surface area contributed by atoms with Crippen LogP contribution in [0.2, 0.25) is 0 Å². The van der Waals surface area contributed by atoms with Crippen LogP contribution in [0.1, 0.15) is 5.01 Å². The van der Waals surface area contributed by atoms with Crippen LogP contribution in [-0.2, 0) is 6.54 Å². The van der Waals surface area contributed by atoms with E-state index in [0.717, 1.165) is 49.1 Å². The number of hydrogen-bond acceptors (Lipinski definition) is 7. The fourth-order valence-electron chi connectivity index (χ4n) is 3.32. The van der Waals surface area contributed by atoms with Gasteiger partial charge in [0.1, 0.15) is 10.5 Å². The standard InChI is InChI=1S/C20H19N5S2/c1-2-4-15(5-3-1)17-14-26-19(22-17)13-24-8-10-25(11-9-24)20-23-16-12-21-7-6-18(16)27-20/h1-7,12,14H,8-11,13H2. The van der Waals surface area contributed by atoms with Crippen molar-refractivity contribution in [2.75, 3.05) is 31.1 Å². The van der Waals surface area contributed by atoms with Crippen molar-refractivity contribution in [3.05, 3.63) is 59.2 Å². The molecule has 136 valence electrons. The lowest BCUT2D eigenvalue weighted by Gasteiger charge is -2.34. The van der Waals surface area contributed by atoms with Crippen molar-refractivity contribution in [2.45, 2.75) is 6.54 Å². The molecule has 0 aliphatic carbocycles. The first-order chi connectivity index (χ1) is 13.3. The molecule has 3 aromatic heterocycles. The van der Waals surface area contributed by atoms with Gasteiger partial charge in [-0.1, -0.05) is 41.7 Å². The number of anilines is 1. The molecule has 0 bridgehead atoms. The van der Waals surface area contributed by atoms with Gasteiger partial charge in [-0.25, -0.2) is 9.97 Å². The molecule has 0 spiro atoms. The number of piperazine rings is 1. The SMILES string of the molecule is c1ccc(-c2csc(CN3CCN(c4nc5cnccc5s4)CC3)n2)cc1. The number of pyridine rings is 1. The zero-order valence-corrected chi connectivity index (χ0v) is 16.4. The van der Waals surface area contributed by atoms with Crippen LogP contribution in [0.25, 0.3) is 21.5 Å². The fraction of sp³-hybridized carbons (Fsp3) is 0.250. The van der Waals surface area contributed by atoms with E-state index in [4.69, 9.17) is 9.97 Å². The van der Waals surface area contributed by atoms with Crippen molar-refractivity contribution in [1.29, 1.82) is 0 Å². The molecule has 4 heterocycles. The van der Waals surface area contributed by atoms with E-state index >= 15 is 0 Å². The third kappa shape index (κ3) is 3.58. The van der Waals surface area contributed by atoms with Crippen LogP contribution in [-0.4, -0.2) is 46.0 Å². The number of rotatable bonds is 4. The molecule has 1 fully saturated rings. The van der Waals surface area contributed by atoms with Crippen molar-refractivity contribution in [3.63, 3.8) is 0 Å². The average molecular weight is 394 g/mol. The van der Waals surface area contributed by atoms with E-state index in [2.05, 4.69) is 44.4 Å². The third-order valence-corrected chi connectivity index (χ3v) is 6.73. The summed E-state index contributed by atoms with van der Waals surface area (Å²) in [4.78, 5) is 18.6. The Morgan fingerprint density at radius 3 is 2.63 bits per heavy atom. The summed E-state index contributed by atoms with van der Waals surface area (Å²) in [6.07, 6.45) is 3.68. The maximum absolute atomic E-state index is 4.83. The molecule has 1 aliphatic rings. The number of nitrogens with zero attached hydrogens (tertiary/aromatic N) is 5. The number of benzene rings is 1. The lowest BCUT2D eigenvalue weighted by Crippen LogP contribution is -2.45. The average Bonchev–Trinajstić information content (AvgIpc) is 3.36. The number of fused-ring (bicyclic) bond motifs is 1. The van der Waals surface area contributed by atoms with Gasteiger partial charge in [0.05, 0.1) is 23.1 Å². The van der Waals surface area contributed by atoms with Crippen LogP contribution in [0.5, 0.6) is 0 Å². The quantitative estimate of drug-likeness (QED) is 0.521. The Labute approximate surface area is 166 Å². The molecule has 0 unspecified atom stereocenters. The molecule has 0 amide bonds. The maximum atomic E-state index is 4.83. The molecule has 4 aromatic rings. The molecule has 27 heavy (non-hydrogen) atoms. The highest BCUT2D eigenvalue weighted by Crippen LogP contribution is 2.29. The van der Waals surface area contributed by atoms with Crippen LogP contribution in [0.15, 0.2) is 54.2 Å². The monoisotopic (exact) mass is 393 g/mol. The highest BCUT2D eigenvalue weighted by Gasteiger charge is 2.20. The zero-order valence-electron chi connectivity index (χ0n) is 14.8. The summed E-state index contributed by atoms with van der Waals surface area (Å²) in [5, 5.41) is 4.46. The predicted octanol–water partition coefficient (Wildman–Crippen LogP) is 4.14. The first kappa shape index (κ1) is 16.8. The second-order valence-electron chi connectivity index (χ2n) is 6.60. The van der Waals surface area contributed by atoms with Crippen molar-refractivity contribution in [2.24, 2.45) is 0 Å². The molecular weight excluding hydrogens is 374 g/mol. The fourth-order valence-corrected chi connectivity index (χ4v) is 5.15. The van der Waals surface area contributed by atoms with E-state index < -0.39 is 0 Å². The molecule has 5 rings (SSSR count). The van der Waals surface area contributed by atoms with Crippen LogP contribution in [0.4, 0.5) is 5.13 Å². The van der Waals surface area contributed by atoms with Crippen LogP contribution in [0, 0.1) is 0 Å². The van der Waals surface area contributed by atoms with E-state index in [1.165, 1.54) is 15.3 Å². The van der Waals surface area contributed by atoms with E-state index in [-0.39, 0.29) is 0 Å². The summed E-state index contributed by atoms with van der Waals surface area (Å²) in [6, 6.07) is 12.4. The molecule has 5 nitrogen and oxygen atoms in total. The molecule has 0 saturated carbocycles. The second kappa shape index (κ2) is 7.34. The minimum Gasteiger partial charge on any atom is -0.345 e. The topological polar surface area (TPSA) is 45.2 Å². The summed E-state index contributed by atoms with van der Waals surface area (Å²) in [6.45, 7) is 5.01. The first-order valence-corrected chi connectivity index (χ1v) is 10.7. The van der Waals surface area contributed by atoms with Crippen molar-refractivity contribution >= 4 is 38.0 Å². The molecular formula is C20H19N5S2. The highest BCUT2D eigenvalue weighted by molar-refractivity contribution is 7.22. The molecule has 1 aliphatic heterocycles. The summed E-state index contributed by atoms with van der Waals surface area (Å²) in [5.41, 5.74) is 3.27.